The summed E-state index contributed by atoms with van der Waals surface area (Å²) in [7, 11) is 0. The minimum Gasteiger partial charge on any atom is -0.449 e. The molecule has 0 aliphatic carbocycles. The van der Waals surface area contributed by atoms with Gasteiger partial charge in [-0.3, -0.25) is 10.1 Å². The largest absolute Gasteiger partial charge is 0.449 e. The lowest BCUT2D eigenvalue weighted by Gasteiger charge is -2.15. The van der Waals surface area contributed by atoms with Gasteiger partial charge >= 0.3 is 6.09 Å². The predicted molar refractivity (Wildman–Crippen MR) is 142 cm³/mol. The van der Waals surface area contributed by atoms with Gasteiger partial charge in [-0.2, -0.15) is 5.10 Å². The van der Waals surface area contributed by atoms with Crippen molar-refractivity contribution in [1.29, 1.82) is 0 Å². The van der Waals surface area contributed by atoms with Crippen molar-refractivity contribution in [2.45, 2.75) is 39.0 Å². The molecular weight excluding hydrogens is 581 g/mol. The third-order valence-electron chi connectivity index (χ3n) is 4.86. The number of carbonyl (C=O) groups excluding carboxylic acids is 2. The fraction of sp³-hybridized carbons (Fsp3) is 0.304. The Balaban J connectivity index is 1.77. The Kier molecular flexibility index (Phi) is 10.2. The van der Waals surface area contributed by atoms with Gasteiger partial charge in [-0.1, -0.05) is 67.4 Å². The maximum Gasteiger partial charge on any atom is 0.411 e. The molecular formula is C23H23BrCl3N5O3. The van der Waals surface area contributed by atoms with Crippen molar-refractivity contribution in [1.82, 2.24) is 14.8 Å². The fourth-order valence-electron chi connectivity index (χ4n) is 3.20. The Morgan fingerprint density at radius 1 is 1.06 bits per heavy atom. The monoisotopic (exact) mass is 601 g/mol. The molecule has 1 aromatic carbocycles. The van der Waals surface area contributed by atoms with Crippen molar-refractivity contribution < 1.29 is 14.3 Å². The number of rotatable bonds is 10. The summed E-state index contributed by atoms with van der Waals surface area (Å²) in [6.45, 7) is 2.42. The van der Waals surface area contributed by atoms with E-state index in [0.29, 0.717) is 9.63 Å². The summed E-state index contributed by atoms with van der Waals surface area (Å²) < 4.78 is 6.94. The quantitative estimate of drug-likeness (QED) is 0.231. The number of nitrogens with one attached hydrogen (secondary N) is 2. The summed E-state index contributed by atoms with van der Waals surface area (Å²) in [6.07, 6.45) is 5.99. The molecule has 2 aromatic heterocycles. The molecule has 0 saturated heterocycles. The smallest absolute Gasteiger partial charge is 0.411 e. The molecule has 35 heavy (non-hydrogen) atoms. The number of benzene rings is 1. The molecule has 3 rings (SSSR count). The summed E-state index contributed by atoms with van der Waals surface area (Å²) in [6, 6.07) is 7.72. The van der Waals surface area contributed by atoms with Crippen LogP contribution in [0, 0.1) is 0 Å². The highest BCUT2D eigenvalue weighted by Gasteiger charge is 2.22. The summed E-state index contributed by atoms with van der Waals surface area (Å²) >= 11 is 22.0. The second kappa shape index (κ2) is 13.1. The summed E-state index contributed by atoms with van der Waals surface area (Å²) in [4.78, 5) is 29.7. The zero-order valence-electron chi connectivity index (χ0n) is 18.8. The topological polar surface area (TPSA) is 98.1 Å². The Labute approximate surface area is 226 Å². The van der Waals surface area contributed by atoms with E-state index in [2.05, 4.69) is 43.6 Å². The molecule has 0 aliphatic heterocycles. The molecule has 8 nitrogen and oxygen atoms in total. The van der Waals surface area contributed by atoms with Gasteiger partial charge in [0.1, 0.15) is 10.3 Å². The molecule has 0 aliphatic rings. The normalized spacial score (nSPS) is 10.8. The van der Waals surface area contributed by atoms with Crippen molar-refractivity contribution in [3.8, 4) is 5.82 Å². The van der Waals surface area contributed by atoms with Crippen LogP contribution >= 0.6 is 50.7 Å². The van der Waals surface area contributed by atoms with Crippen LogP contribution in [0.3, 0.4) is 0 Å². The first-order chi connectivity index (χ1) is 16.8. The highest BCUT2D eigenvalue weighted by molar-refractivity contribution is 9.10. The molecule has 2 amide bonds. The number of aromatic nitrogens is 3. The Morgan fingerprint density at radius 2 is 1.83 bits per heavy atom. The fourth-order valence-corrected chi connectivity index (χ4v) is 4.32. The highest BCUT2D eigenvalue weighted by Crippen LogP contribution is 2.35. The predicted octanol–water partition coefficient (Wildman–Crippen LogP) is 7.76. The van der Waals surface area contributed by atoms with E-state index in [1.54, 1.807) is 12.1 Å². The molecule has 0 saturated carbocycles. The summed E-state index contributed by atoms with van der Waals surface area (Å²) in [5, 5.41) is 10.3. The first-order valence-corrected chi connectivity index (χ1v) is 12.8. The van der Waals surface area contributed by atoms with Crippen molar-refractivity contribution in [2.24, 2.45) is 0 Å². The number of amides is 2. The standard InChI is InChI=1S/C23H23BrCl3N5O3/c1-2-3-4-5-6-10-35-23(34)29-17-12-14(25)11-16(27)20(17)30-22(33)18-13-19(24)31-32(18)21-15(26)8-7-9-28-21/h7-9,11-13H,2-6,10H2,1H3,(H,29,34)(H,30,33). The molecule has 0 fully saturated rings. The van der Waals surface area contributed by atoms with E-state index in [9.17, 15) is 9.59 Å². The second-order valence-electron chi connectivity index (χ2n) is 7.51. The van der Waals surface area contributed by atoms with Crippen LogP contribution in [0.5, 0.6) is 0 Å². The maximum absolute atomic E-state index is 13.2. The zero-order chi connectivity index (χ0) is 25.4. The Bertz CT molecular complexity index is 1210. The number of unbranched alkanes of at least 4 members (excludes halogenated alkanes) is 4. The van der Waals surface area contributed by atoms with Gasteiger partial charge in [-0.05, 0) is 46.6 Å². The lowest BCUT2D eigenvalue weighted by Crippen LogP contribution is -2.20. The number of hydrogen-bond acceptors (Lipinski definition) is 5. The van der Waals surface area contributed by atoms with Crippen LogP contribution in [-0.4, -0.2) is 33.4 Å². The Hall–Kier alpha value is -2.33. The number of pyridine rings is 1. The van der Waals surface area contributed by atoms with Gasteiger partial charge in [0.25, 0.3) is 5.91 Å². The van der Waals surface area contributed by atoms with Crippen molar-refractivity contribution in [2.75, 3.05) is 17.2 Å². The van der Waals surface area contributed by atoms with Gasteiger partial charge in [0.2, 0.25) is 0 Å². The lowest BCUT2D eigenvalue weighted by atomic mass is 10.2. The van der Waals surface area contributed by atoms with E-state index < -0.39 is 12.0 Å². The van der Waals surface area contributed by atoms with Gasteiger partial charge in [0, 0.05) is 17.3 Å². The highest BCUT2D eigenvalue weighted by atomic mass is 79.9. The van der Waals surface area contributed by atoms with Gasteiger partial charge in [0.15, 0.2) is 5.82 Å². The van der Waals surface area contributed by atoms with Crippen LogP contribution in [0.4, 0.5) is 16.2 Å². The van der Waals surface area contributed by atoms with Crippen LogP contribution < -0.4 is 10.6 Å². The SMILES string of the molecule is CCCCCCCOC(=O)Nc1cc(Cl)cc(Cl)c1NC(=O)c1cc(Br)nn1-c1ncccc1Cl. The second-order valence-corrected chi connectivity index (χ2v) is 9.58. The van der Waals surface area contributed by atoms with E-state index in [4.69, 9.17) is 39.5 Å². The van der Waals surface area contributed by atoms with Crippen LogP contribution in [-0.2, 0) is 4.74 Å². The molecule has 0 atom stereocenters. The van der Waals surface area contributed by atoms with Gasteiger partial charge in [0.05, 0.1) is 28.0 Å². The molecule has 0 spiro atoms. The number of carbonyl (C=O) groups is 2. The molecule has 12 heteroatoms. The average Bonchev–Trinajstić information content (AvgIpc) is 3.20. The third-order valence-corrected chi connectivity index (χ3v) is 6.06. The van der Waals surface area contributed by atoms with Gasteiger partial charge < -0.3 is 10.1 Å². The van der Waals surface area contributed by atoms with E-state index in [1.807, 2.05) is 0 Å². The molecule has 2 N–H and O–H groups in total. The van der Waals surface area contributed by atoms with Gasteiger partial charge in [-0.25, -0.2) is 14.5 Å². The maximum atomic E-state index is 13.2. The molecule has 186 valence electrons. The van der Waals surface area contributed by atoms with Crippen LogP contribution in [0.25, 0.3) is 5.82 Å². The summed E-state index contributed by atoms with van der Waals surface area (Å²) in [5.74, 6) is -0.297. The minimum absolute atomic E-state index is 0.127. The van der Waals surface area contributed by atoms with E-state index in [-0.39, 0.29) is 39.5 Å². The number of anilines is 2. The number of halogens is 4. The molecule has 3 aromatic rings. The number of nitrogens with zero attached hydrogens (tertiary/aromatic N) is 3. The van der Waals surface area contributed by atoms with Crippen molar-refractivity contribution in [3.63, 3.8) is 0 Å². The van der Waals surface area contributed by atoms with Crippen LogP contribution in [0.1, 0.15) is 49.5 Å². The van der Waals surface area contributed by atoms with Crippen LogP contribution in [0.15, 0.2) is 41.1 Å². The lowest BCUT2D eigenvalue weighted by molar-refractivity contribution is 0.101. The molecule has 0 radical (unpaired) electrons. The average molecular weight is 604 g/mol. The van der Waals surface area contributed by atoms with Crippen molar-refractivity contribution in [3.05, 3.63) is 61.9 Å². The summed E-state index contributed by atoms with van der Waals surface area (Å²) in [5.41, 5.74) is 0.467. The van der Waals surface area contributed by atoms with Gasteiger partial charge in [-0.15, -0.1) is 0 Å². The molecule has 2 heterocycles. The van der Waals surface area contributed by atoms with Crippen LogP contribution in [0.2, 0.25) is 15.1 Å². The van der Waals surface area contributed by atoms with E-state index in [0.717, 1.165) is 32.1 Å². The Morgan fingerprint density at radius 3 is 2.57 bits per heavy atom. The molecule has 0 unspecified atom stereocenters. The van der Waals surface area contributed by atoms with E-state index >= 15 is 0 Å². The minimum atomic E-state index is -0.678. The van der Waals surface area contributed by atoms with Crippen molar-refractivity contribution >= 4 is 74.1 Å². The number of ether oxygens (including phenoxy) is 1. The first-order valence-electron chi connectivity index (χ1n) is 10.9. The third kappa shape index (κ3) is 7.57. The first kappa shape index (κ1) is 27.3. The molecule has 0 bridgehead atoms. The zero-order valence-corrected chi connectivity index (χ0v) is 22.6. The van der Waals surface area contributed by atoms with E-state index in [1.165, 1.54) is 29.1 Å². The number of hydrogen-bond donors (Lipinski definition) is 2.